The Balaban J connectivity index is 1.54. The van der Waals surface area contributed by atoms with Gasteiger partial charge in [0, 0.05) is 50.9 Å². The summed E-state index contributed by atoms with van der Waals surface area (Å²) in [5.41, 5.74) is 2.23. The normalized spacial score (nSPS) is 22.2. The van der Waals surface area contributed by atoms with Gasteiger partial charge in [-0.2, -0.15) is 0 Å². The highest BCUT2D eigenvalue weighted by atomic mass is 16.2. The zero-order chi connectivity index (χ0) is 16.9. The first kappa shape index (κ1) is 17.4. The SMILES string of the molecule is CCN(C(=O)CCN1CCN2CCCC[C@H]2C1)c1ccccc1C. The highest BCUT2D eigenvalue weighted by Gasteiger charge is 2.29. The summed E-state index contributed by atoms with van der Waals surface area (Å²) in [6, 6.07) is 8.90. The summed E-state index contributed by atoms with van der Waals surface area (Å²) < 4.78 is 0. The molecule has 2 aliphatic heterocycles. The number of rotatable bonds is 5. The van der Waals surface area contributed by atoms with Crippen molar-refractivity contribution in [1.82, 2.24) is 9.80 Å². The predicted molar refractivity (Wildman–Crippen MR) is 99.5 cm³/mol. The number of anilines is 1. The number of benzene rings is 1. The van der Waals surface area contributed by atoms with Crippen LogP contribution in [0.5, 0.6) is 0 Å². The van der Waals surface area contributed by atoms with Crippen LogP contribution < -0.4 is 4.90 Å². The summed E-state index contributed by atoms with van der Waals surface area (Å²) in [5.74, 6) is 0.248. The molecule has 1 aromatic rings. The fraction of sp³-hybridized carbons (Fsp3) is 0.650. The van der Waals surface area contributed by atoms with Crippen LogP contribution in [0.1, 0.15) is 38.2 Å². The number of piperazine rings is 1. The van der Waals surface area contributed by atoms with Crippen molar-refractivity contribution in [2.45, 2.75) is 45.6 Å². The molecule has 0 bridgehead atoms. The van der Waals surface area contributed by atoms with E-state index in [2.05, 4.69) is 35.8 Å². The van der Waals surface area contributed by atoms with Gasteiger partial charge in [-0.05, 0) is 44.9 Å². The van der Waals surface area contributed by atoms with Crippen LogP contribution in [0, 0.1) is 6.92 Å². The number of para-hydroxylation sites is 1. The Kier molecular flexibility index (Phi) is 5.90. The second-order valence-corrected chi connectivity index (χ2v) is 7.16. The Morgan fingerprint density at radius 2 is 2.04 bits per heavy atom. The minimum atomic E-state index is 0.248. The molecule has 24 heavy (non-hydrogen) atoms. The highest BCUT2D eigenvalue weighted by molar-refractivity contribution is 5.94. The van der Waals surface area contributed by atoms with Gasteiger partial charge in [-0.3, -0.25) is 14.6 Å². The van der Waals surface area contributed by atoms with E-state index in [1.165, 1.54) is 37.9 Å². The van der Waals surface area contributed by atoms with E-state index >= 15 is 0 Å². The van der Waals surface area contributed by atoms with Crippen molar-refractivity contribution in [3.8, 4) is 0 Å². The molecule has 0 spiro atoms. The van der Waals surface area contributed by atoms with Crippen LogP contribution in [-0.2, 0) is 4.79 Å². The minimum Gasteiger partial charge on any atom is -0.312 e. The minimum absolute atomic E-state index is 0.248. The highest BCUT2D eigenvalue weighted by Crippen LogP contribution is 2.22. The smallest absolute Gasteiger partial charge is 0.228 e. The fourth-order valence-corrected chi connectivity index (χ4v) is 4.16. The molecule has 1 aromatic carbocycles. The van der Waals surface area contributed by atoms with E-state index in [1.54, 1.807) is 0 Å². The molecule has 2 heterocycles. The molecule has 3 rings (SSSR count). The molecule has 2 fully saturated rings. The molecule has 2 saturated heterocycles. The number of aryl methyl sites for hydroxylation is 1. The summed E-state index contributed by atoms with van der Waals surface area (Å²) in [5, 5.41) is 0. The lowest BCUT2D eigenvalue weighted by atomic mass is 9.99. The molecule has 0 saturated carbocycles. The van der Waals surface area contributed by atoms with Gasteiger partial charge in [0.05, 0.1) is 0 Å². The lowest BCUT2D eigenvalue weighted by Gasteiger charge is -2.44. The van der Waals surface area contributed by atoms with Gasteiger partial charge in [-0.15, -0.1) is 0 Å². The van der Waals surface area contributed by atoms with E-state index in [1.807, 2.05) is 17.0 Å². The number of carbonyl (C=O) groups excluding carboxylic acids is 1. The second kappa shape index (κ2) is 8.13. The predicted octanol–water partition coefficient (Wildman–Crippen LogP) is 2.91. The number of hydrogen-bond acceptors (Lipinski definition) is 3. The third-order valence-corrected chi connectivity index (χ3v) is 5.59. The maximum Gasteiger partial charge on any atom is 0.228 e. The van der Waals surface area contributed by atoms with Crippen LogP contribution in [0.4, 0.5) is 5.69 Å². The average molecular weight is 329 g/mol. The van der Waals surface area contributed by atoms with Crippen LogP contribution >= 0.6 is 0 Å². The van der Waals surface area contributed by atoms with Gasteiger partial charge in [-0.25, -0.2) is 0 Å². The Morgan fingerprint density at radius 1 is 1.21 bits per heavy atom. The third kappa shape index (κ3) is 3.98. The number of carbonyl (C=O) groups is 1. The van der Waals surface area contributed by atoms with Gasteiger partial charge in [-0.1, -0.05) is 24.6 Å². The molecule has 0 aromatic heterocycles. The van der Waals surface area contributed by atoms with Gasteiger partial charge in [0.2, 0.25) is 5.91 Å². The lowest BCUT2D eigenvalue weighted by molar-refractivity contribution is -0.119. The van der Waals surface area contributed by atoms with Crippen LogP contribution in [0.2, 0.25) is 0 Å². The Bertz CT molecular complexity index is 560. The number of hydrogen-bond donors (Lipinski definition) is 0. The zero-order valence-electron chi connectivity index (χ0n) is 15.2. The van der Waals surface area contributed by atoms with E-state index in [9.17, 15) is 4.79 Å². The van der Waals surface area contributed by atoms with Crippen LogP contribution in [0.3, 0.4) is 0 Å². The lowest BCUT2D eigenvalue weighted by Crippen LogP contribution is -2.55. The van der Waals surface area contributed by atoms with Crippen molar-refractivity contribution in [2.24, 2.45) is 0 Å². The molecule has 4 nitrogen and oxygen atoms in total. The Hall–Kier alpha value is -1.39. The van der Waals surface area contributed by atoms with Gasteiger partial charge in [0.15, 0.2) is 0 Å². The van der Waals surface area contributed by atoms with Crippen molar-refractivity contribution < 1.29 is 4.79 Å². The average Bonchev–Trinajstić information content (AvgIpc) is 2.62. The molecule has 0 N–H and O–H groups in total. The quantitative estimate of drug-likeness (QED) is 0.831. The van der Waals surface area contributed by atoms with E-state index in [0.717, 1.165) is 37.9 Å². The molecule has 1 atom stereocenters. The van der Waals surface area contributed by atoms with E-state index < -0.39 is 0 Å². The van der Waals surface area contributed by atoms with Crippen LogP contribution in [0.15, 0.2) is 24.3 Å². The first-order valence-electron chi connectivity index (χ1n) is 9.51. The number of piperidine rings is 1. The number of nitrogens with zero attached hydrogens (tertiary/aromatic N) is 3. The van der Waals surface area contributed by atoms with E-state index in [4.69, 9.17) is 0 Å². The summed E-state index contributed by atoms with van der Waals surface area (Å²) in [6.45, 7) is 10.5. The summed E-state index contributed by atoms with van der Waals surface area (Å²) in [4.78, 5) is 19.8. The topological polar surface area (TPSA) is 26.8 Å². The van der Waals surface area contributed by atoms with Crippen molar-refractivity contribution in [3.05, 3.63) is 29.8 Å². The fourth-order valence-electron chi connectivity index (χ4n) is 4.16. The molecule has 2 aliphatic rings. The first-order valence-corrected chi connectivity index (χ1v) is 9.51. The van der Waals surface area contributed by atoms with Crippen molar-refractivity contribution in [1.29, 1.82) is 0 Å². The summed E-state index contributed by atoms with van der Waals surface area (Å²) in [6.07, 6.45) is 4.67. The maximum atomic E-state index is 12.7. The molecule has 4 heteroatoms. The molecule has 0 radical (unpaired) electrons. The van der Waals surface area contributed by atoms with E-state index in [-0.39, 0.29) is 5.91 Å². The van der Waals surface area contributed by atoms with Crippen LogP contribution in [-0.4, -0.2) is 61.0 Å². The molecule has 0 aliphatic carbocycles. The Labute approximate surface area is 146 Å². The molecular weight excluding hydrogens is 298 g/mol. The van der Waals surface area contributed by atoms with Crippen molar-refractivity contribution in [3.63, 3.8) is 0 Å². The Morgan fingerprint density at radius 3 is 2.83 bits per heavy atom. The van der Waals surface area contributed by atoms with E-state index in [0.29, 0.717) is 6.42 Å². The van der Waals surface area contributed by atoms with Gasteiger partial charge in [0.1, 0.15) is 0 Å². The van der Waals surface area contributed by atoms with Crippen LogP contribution in [0.25, 0.3) is 0 Å². The van der Waals surface area contributed by atoms with Gasteiger partial charge in [0.25, 0.3) is 0 Å². The molecule has 132 valence electrons. The largest absolute Gasteiger partial charge is 0.312 e. The summed E-state index contributed by atoms with van der Waals surface area (Å²) >= 11 is 0. The zero-order valence-corrected chi connectivity index (χ0v) is 15.2. The summed E-state index contributed by atoms with van der Waals surface area (Å²) in [7, 11) is 0. The number of amides is 1. The maximum absolute atomic E-state index is 12.7. The standard InChI is InChI=1S/C20H31N3O/c1-3-23(19-10-5-4-8-17(19)2)20(24)11-13-21-14-15-22-12-7-6-9-18(22)16-21/h4-5,8,10,18H,3,6-7,9,11-16H2,1-2H3/t18-/m0/s1. The number of fused-ring (bicyclic) bond motifs is 1. The van der Waals surface area contributed by atoms with Gasteiger partial charge >= 0.3 is 0 Å². The molecule has 1 amide bonds. The first-order chi connectivity index (χ1) is 11.7. The molecular formula is C20H31N3O. The van der Waals surface area contributed by atoms with Gasteiger partial charge < -0.3 is 4.90 Å². The van der Waals surface area contributed by atoms with Crippen molar-refractivity contribution >= 4 is 11.6 Å². The second-order valence-electron chi connectivity index (χ2n) is 7.16. The molecule has 0 unspecified atom stereocenters. The third-order valence-electron chi connectivity index (χ3n) is 5.59. The monoisotopic (exact) mass is 329 g/mol. The van der Waals surface area contributed by atoms with Crippen molar-refractivity contribution in [2.75, 3.05) is 44.2 Å².